The summed E-state index contributed by atoms with van der Waals surface area (Å²) >= 11 is 0. The number of allylic oxidation sites excluding steroid dienone is 4. The lowest BCUT2D eigenvalue weighted by molar-refractivity contribution is 1.46. The molecule has 0 radical (unpaired) electrons. The first-order chi connectivity index (χ1) is 4.85. The van der Waals surface area contributed by atoms with Crippen LogP contribution in [0, 0.1) is 12.3 Å². The second-order valence-electron chi connectivity index (χ2n) is 1.70. The molecule has 0 aliphatic heterocycles. The monoisotopic (exact) mass is 133 g/mol. The maximum Gasteiger partial charge on any atom is 0.0287 e. The van der Waals surface area contributed by atoms with Gasteiger partial charge < -0.3 is 0 Å². The minimum Gasteiger partial charge on any atom is -0.296 e. The topological polar surface area (TPSA) is 12.4 Å². The largest absolute Gasteiger partial charge is 0.296 e. The third-order valence-corrected chi connectivity index (χ3v) is 0.887. The summed E-state index contributed by atoms with van der Waals surface area (Å²) in [6.07, 6.45) is 12.3. The van der Waals surface area contributed by atoms with Crippen LogP contribution in [0.2, 0.25) is 0 Å². The Morgan fingerprint density at radius 2 is 2.30 bits per heavy atom. The van der Waals surface area contributed by atoms with Gasteiger partial charge in [0, 0.05) is 18.8 Å². The number of aliphatic imine (C=N–C) groups is 1. The van der Waals surface area contributed by atoms with Crippen LogP contribution in [0.4, 0.5) is 0 Å². The molecule has 0 aromatic heterocycles. The maximum absolute atomic E-state index is 5.07. The Labute approximate surface area is 62.2 Å². The van der Waals surface area contributed by atoms with Crippen LogP contribution in [0.3, 0.4) is 0 Å². The van der Waals surface area contributed by atoms with E-state index in [4.69, 9.17) is 6.42 Å². The average Bonchev–Trinajstić information content (AvgIpc) is 1.90. The fraction of sp³-hybridized carbons (Fsp3) is 0.222. The van der Waals surface area contributed by atoms with Crippen LogP contribution < -0.4 is 0 Å². The van der Waals surface area contributed by atoms with Crippen molar-refractivity contribution in [3.05, 3.63) is 23.8 Å². The van der Waals surface area contributed by atoms with Crippen LogP contribution in [-0.2, 0) is 0 Å². The van der Waals surface area contributed by atoms with E-state index < -0.39 is 0 Å². The van der Waals surface area contributed by atoms with E-state index >= 15 is 0 Å². The zero-order chi connectivity index (χ0) is 7.82. The Bertz CT molecular complexity index is 187. The van der Waals surface area contributed by atoms with Crippen molar-refractivity contribution in [1.29, 1.82) is 0 Å². The summed E-state index contributed by atoms with van der Waals surface area (Å²) in [6, 6.07) is 0. The van der Waals surface area contributed by atoms with Crippen LogP contribution >= 0.6 is 0 Å². The van der Waals surface area contributed by atoms with E-state index in [0.717, 1.165) is 5.57 Å². The van der Waals surface area contributed by atoms with Crippen LogP contribution in [0.1, 0.15) is 6.92 Å². The van der Waals surface area contributed by atoms with Gasteiger partial charge in [0.25, 0.3) is 0 Å². The molecule has 0 aliphatic rings. The Balaban J connectivity index is 4.30. The molecule has 0 N–H and O–H groups in total. The van der Waals surface area contributed by atoms with Crippen LogP contribution in [-0.4, -0.2) is 13.3 Å². The summed E-state index contributed by atoms with van der Waals surface area (Å²) in [6.45, 7) is 1.94. The lowest BCUT2D eigenvalue weighted by Crippen LogP contribution is -1.77. The molecule has 52 valence electrons. The summed E-state index contributed by atoms with van der Waals surface area (Å²) in [5.74, 6) is 2.43. The lowest BCUT2D eigenvalue weighted by Gasteiger charge is -1.85. The minimum atomic E-state index is 0.951. The fourth-order valence-corrected chi connectivity index (χ4v) is 0.566. The smallest absolute Gasteiger partial charge is 0.0287 e. The molecular weight excluding hydrogens is 122 g/mol. The third kappa shape index (κ3) is 3.68. The molecule has 0 saturated heterocycles. The number of rotatable bonds is 2. The molecule has 0 amide bonds. The summed E-state index contributed by atoms with van der Waals surface area (Å²) in [5.41, 5.74) is 0.951. The molecule has 0 bridgehead atoms. The van der Waals surface area contributed by atoms with E-state index in [1.807, 2.05) is 19.1 Å². The van der Waals surface area contributed by atoms with Crippen molar-refractivity contribution in [1.82, 2.24) is 0 Å². The summed E-state index contributed by atoms with van der Waals surface area (Å²) in [4.78, 5) is 3.83. The van der Waals surface area contributed by atoms with E-state index in [2.05, 4.69) is 10.9 Å². The SMILES string of the molecule is C#C/C=C(C=NC)\C=C/C. The van der Waals surface area contributed by atoms with E-state index in [1.54, 1.807) is 19.3 Å². The fourth-order valence-electron chi connectivity index (χ4n) is 0.566. The van der Waals surface area contributed by atoms with Crippen molar-refractivity contribution in [2.45, 2.75) is 6.92 Å². The Hall–Kier alpha value is -1.29. The minimum absolute atomic E-state index is 0.951. The van der Waals surface area contributed by atoms with Crippen LogP contribution in [0.25, 0.3) is 0 Å². The zero-order valence-corrected chi connectivity index (χ0v) is 6.33. The standard InChI is InChI=1S/C9H11N/c1-4-6-9(7-5-2)8-10-3/h1,5-8H,2-3H3/b7-5-,9-6+,10-8?. The molecule has 0 aliphatic carbocycles. The Kier molecular flexibility index (Phi) is 5.09. The van der Waals surface area contributed by atoms with Gasteiger partial charge in [-0.1, -0.05) is 18.1 Å². The van der Waals surface area contributed by atoms with Crippen molar-refractivity contribution in [3.63, 3.8) is 0 Å². The average molecular weight is 133 g/mol. The first kappa shape index (κ1) is 8.71. The van der Waals surface area contributed by atoms with Gasteiger partial charge in [0.2, 0.25) is 0 Å². The van der Waals surface area contributed by atoms with E-state index in [0.29, 0.717) is 0 Å². The predicted molar refractivity (Wildman–Crippen MR) is 46.1 cm³/mol. The molecule has 0 fully saturated rings. The summed E-state index contributed by atoms with van der Waals surface area (Å²) < 4.78 is 0. The first-order valence-corrected chi connectivity index (χ1v) is 3.06. The van der Waals surface area contributed by atoms with Crippen molar-refractivity contribution in [3.8, 4) is 12.3 Å². The molecule has 0 rings (SSSR count). The van der Waals surface area contributed by atoms with Gasteiger partial charge in [-0.15, -0.1) is 6.42 Å². The Morgan fingerprint density at radius 3 is 2.70 bits per heavy atom. The lowest BCUT2D eigenvalue weighted by atomic mass is 10.2. The van der Waals surface area contributed by atoms with Gasteiger partial charge in [-0.05, 0) is 13.0 Å². The molecule has 0 spiro atoms. The molecular formula is C9H11N. The highest BCUT2D eigenvalue weighted by atomic mass is 14.6. The van der Waals surface area contributed by atoms with Gasteiger partial charge in [0.05, 0.1) is 0 Å². The molecule has 0 aromatic carbocycles. The highest BCUT2D eigenvalue weighted by Gasteiger charge is 1.80. The van der Waals surface area contributed by atoms with E-state index in [-0.39, 0.29) is 0 Å². The van der Waals surface area contributed by atoms with Crippen LogP contribution in [0.5, 0.6) is 0 Å². The molecule has 0 unspecified atom stereocenters. The Morgan fingerprint density at radius 1 is 1.60 bits per heavy atom. The van der Waals surface area contributed by atoms with Crippen molar-refractivity contribution in [2.24, 2.45) is 4.99 Å². The van der Waals surface area contributed by atoms with Gasteiger partial charge in [-0.25, -0.2) is 0 Å². The van der Waals surface area contributed by atoms with Gasteiger partial charge in [-0.2, -0.15) is 0 Å². The molecule has 0 aromatic rings. The first-order valence-electron chi connectivity index (χ1n) is 3.06. The van der Waals surface area contributed by atoms with E-state index in [9.17, 15) is 0 Å². The third-order valence-electron chi connectivity index (χ3n) is 0.887. The van der Waals surface area contributed by atoms with Gasteiger partial charge in [0.15, 0.2) is 0 Å². The summed E-state index contributed by atoms with van der Waals surface area (Å²) in [7, 11) is 1.72. The van der Waals surface area contributed by atoms with Crippen molar-refractivity contribution in [2.75, 3.05) is 7.05 Å². The quantitative estimate of drug-likeness (QED) is 0.309. The van der Waals surface area contributed by atoms with E-state index in [1.165, 1.54) is 0 Å². The van der Waals surface area contributed by atoms with Crippen LogP contribution in [0.15, 0.2) is 28.8 Å². The van der Waals surface area contributed by atoms with Gasteiger partial charge in [0.1, 0.15) is 0 Å². The number of nitrogens with zero attached hydrogens (tertiary/aromatic N) is 1. The highest BCUT2D eigenvalue weighted by molar-refractivity contribution is 5.82. The second kappa shape index (κ2) is 5.84. The van der Waals surface area contributed by atoms with Crippen molar-refractivity contribution < 1.29 is 0 Å². The number of hydrogen-bond donors (Lipinski definition) is 0. The molecule has 0 heterocycles. The molecule has 0 saturated carbocycles. The van der Waals surface area contributed by atoms with Crippen molar-refractivity contribution >= 4 is 6.21 Å². The molecule has 1 nitrogen and oxygen atoms in total. The molecule has 10 heavy (non-hydrogen) atoms. The number of hydrogen-bond acceptors (Lipinski definition) is 1. The normalized spacial score (nSPS) is 12.7. The van der Waals surface area contributed by atoms with Gasteiger partial charge in [-0.3, -0.25) is 4.99 Å². The summed E-state index contributed by atoms with van der Waals surface area (Å²) in [5, 5.41) is 0. The van der Waals surface area contributed by atoms with Gasteiger partial charge >= 0.3 is 0 Å². The zero-order valence-electron chi connectivity index (χ0n) is 6.33. The second-order valence-corrected chi connectivity index (χ2v) is 1.70. The molecule has 1 heteroatoms. The number of terminal acetylenes is 1. The molecule has 0 atom stereocenters. The maximum atomic E-state index is 5.07. The highest BCUT2D eigenvalue weighted by Crippen LogP contribution is 1.91. The predicted octanol–water partition coefficient (Wildman–Crippen LogP) is 1.82.